The van der Waals surface area contributed by atoms with Crippen molar-refractivity contribution in [2.24, 2.45) is 0 Å². The van der Waals surface area contributed by atoms with Gasteiger partial charge in [-0.05, 0) is 23.6 Å². The van der Waals surface area contributed by atoms with E-state index in [1.807, 2.05) is 11.4 Å². The SMILES string of the molecule is O=C(Cn1cnc(-c2cccs2)cc1=O)Nc1ccccc1OC(F)(F)F. The molecule has 3 aromatic rings. The first-order valence-corrected chi connectivity index (χ1v) is 8.45. The summed E-state index contributed by atoms with van der Waals surface area (Å²) in [4.78, 5) is 29.2. The molecule has 6 nitrogen and oxygen atoms in total. The number of alkyl halides is 3. The van der Waals surface area contributed by atoms with Crippen LogP contribution < -0.4 is 15.6 Å². The maximum Gasteiger partial charge on any atom is 0.573 e. The second kappa shape index (κ2) is 7.62. The molecule has 0 saturated carbocycles. The lowest BCUT2D eigenvalue weighted by molar-refractivity contribution is -0.274. The Kier molecular flexibility index (Phi) is 5.26. The molecule has 27 heavy (non-hydrogen) atoms. The van der Waals surface area contributed by atoms with E-state index in [4.69, 9.17) is 0 Å². The minimum Gasteiger partial charge on any atom is -0.404 e. The number of hydrogen-bond donors (Lipinski definition) is 1. The zero-order chi connectivity index (χ0) is 19.4. The van der Waals surface area contributed by atoms with Crippen LogP contribution in [0.4, 0.5) is 18.9 Å². The fourth-order valence-electron chi connectivity index (χ4n) is 2.23. The van der Waals surface area contributed by atoms with E-state index >= 15 is 0 Å². The summed E-state index contributed by atoms with van der Waals surface area (Å²) < 4.78 is 42.2. The number of benzene rings is 1. The van der Waals surface area contributed by atoms with Crippen LogP contribution in [0, 0.1) is 0 Å². The molecule has 140 valence electrons. The Morgan fingerprint density at radius 3 is 2.67 bits per heavy atom. The summed E-state index contributed by atoms with van der Waals surface area (Å²) in [6.45, 7) is -0.406. The maximum absolute atomic E-state index is 12.4. The van der Waals surface area contributed by atoms with Crippen LogP contribution in [0.5, 0.6) is 5.75 Å². The summed E-state index contributed by atoms with van der Waals surface area (Å²) in [7, 11) is 0. The molecule has 2 aromatic heterocycles. The average Bonchev–Trinajstić information content (AvgIpc) is 3.12. The fourth-order valence-corrected chi connectivity index (χ4v) is 2.93. The van der Waals surface area contributed by atoms with E-state index in [9.17, 15) is 22.8 Å². The lowest BCUT2D eigenvalue weighted by Crippen LogP contribution is -2.28. The molecule has 0 aliphatic rings. The number of anilines is 1. The van der Waals surface area contributed by atoms with Crippen LogP contribution >= 0.6 is 11.3 Å². The largest absolute Gasteiger partial charge is 0.573 e. The van der Waals surface area contributed by atoms with Crippen molar-refractivity contribution in [3.63, 3.8) is 0 Å². The third-order valence-electron chi connectivity index (χ3n) is 3.35. The van der Waals surface area contributed by atoms with Crippen LogP contribution in [0.25, 0.3) is 10.6 Å². The van der Waals surface area contributed by atoms with Crippen LogP contribution in [-0.4, -0.2) is 21.8 Å². The average molecular weight is 395 g/mol. The Labute approximate surface area is 154 Å². The zero-order valence-electron chi connectivity index (χ0n) is 13.6. The molecule has 0 aliphatic heterocycles. The molecule has 0 saturated heterocycles. The topological polar surface area (TPSA) is 73.2 Å². The molecule has 0 fully saturated rings. The molecule has 0 radical (unpaired) electrons. The number of halogens is 3. The number of hydrogen-bond acceptors (Lipinski definition) is 5. The number of ether oxygens (including phenoxy) is 1. The van der Waals surface area contributed by atoms with Crippen LogP contribution in [-0.2, 0) is 11.3 Å². The molecular formula is C17H12F3N3O3S. The van der Waals surface area contributed by atoms with Gasteiger partial charge in [0.1, 0.15) is 6.54 Å². The molecule has 1 N–H and O–H groups in total. The highest BCUT2D eigenvalue weighted by Gasteiger charge is 2.32. The van der Waals surface area contributed by atoms with E-state index in [1.54, 1.807) is 6.07 Å². The molecule has 1 amide bonds. The van der Waals surface area contributed by atoms with Crippen molar-refractivity contribution in [1.82, 2.24) is 9.55 Å². The van der Waals surface area contributed by atoms with Gasteiger partial charge < -0.3 is 10.1 Å². The van der Waals surface area contributed by atoms with Crippen molar-refractivity contribution >= 4 is 22.9 Å². The monoisotopic (exact) mass is 395 g/mol. The highest BCUT2D eigenvalue weighted by atomic mass is 32.1. The lowest BCUT2D eigenvalue weighted by atomic mass is 10.3. The summed E-state index contributed by atoms with van der Waals surface area (Å²) in [6, 6.07) is 10.0. The summed E-state index contributed by atoms with van der Waals surface area (Å²) in [5.74, 6) is -1.24. The molecule has 0 spiro atoms. The summed E-state index contributed by atoms with van der Waals surface area (Å²) in [6.07, 6.45) is -3.67. The minimum absolute atomic E-state index is 0.156. The number of carbonyl (C=O) groups is 1. The van der Waals surface area contributed by atoms with Crippen LogP contribution in [0.3, 0.4) is 0 Å². The Bertz CT molecular complexity index is 1000. The Hall–Kier alpha value is -3.14. The first kappa shape index (κ1) is 18.6. The summed E-state index contributed by atoms with van der Waals surface area (Å²) in [5, 5.41) is 4.15. The number of amides is 1. The molecule has 1 aromatic carbocycles. The first-order valence-electron chi connectivity index (χ1n) is 7.57. The smallest absolute Gasteiger partial charge is 0.404 e. The number of thiophene rings is 1. The van der Waals surface area contributed by atoms with Crippen LogP contribution in [0.2, 0.25) is 0 Å². The van der Waals surface area contributed by atoms with Gasteiger partial charge in [0.05, 0.1) is 22.6 Å². The van der Waals surface area contributed by atoms with Gasteiger partial charge in [0, 0.05) is 6.07 Å². The van der Waals surface area contributed by atoms with E-state index in [2.05, 4.69) is 15.0 Å². The van der Waals surface area contributed by atoms with E-state index in [1.165, 1.54) is 41.9 Å². The predicted molar refractivity (Wildman–Crippen MR) is 93.6 cm³/mol. The molecular weight excluding hydrogens is 383 g/mol. The van der Waals surface area contributed by atoms with Gasteiger partial charge in [-0.3, -0.25) is 14.2 Å². The van der Waals surface area contributed by atoms with Gasteiger partial charge in [0.2, 0.25) is 5.91 Å². The Morgan fingerprint density at radius 1 is 1.22 bits per heavy atom. The molecule has 0 aliphatic carbocycles. The Balaban J connectivity index is 1.73. The molecule has 0 unspecified atom stereocenters. The quantitative estimate of drug-likeness (QED) is 0.718. The van der Waals surface area contributed by atoms with Crippen LogP contribution in [0.15, 0.2) is 59.0 Å². The standard InChI is InChI=1S/C17H12F3N3O3S/c18-17(19,20)26-13-5-2-1-4-11(13)22-15(24)9-23-10-21-12(8-16(23)25)14-6-3-7-27-14/h1-8,10H,9H2,(H,22,24). The highest BCUT2D eigenvalue weighted by molar-refractivity contribution is 7.13. The second-order valence-electron chi connectivity index (χ2n) is 5.31. The van der Waals surface area contributed by atoms with Gasteiger partial charge >= 0.3 is 6.36 Å². The first-order chi connectivity index (χ1) is 12.8. The van der Waals surface area contributed by atoms with Crippen molar-refractivity contribution in [2.75, 3.05) is 5.32 Å². The van der Waals surface area contributed by atoms with Crippen LogP contribution in [0.1, 0.15) is 0 Å². The van der Waals surface area contributed by atoms with E-state index < -0.39 is 30.1 Å². The third-order valence-corrected chi connectivity index (χ3v) is 4.25. The van der Waals surface area contributed by atoms with Crippen molar-refractivity contribution < 1.29 is 22.7 Å². The van der Waals surface area contributed by atoms with E-state index in [0.717, 1.165) is 15.5 Å². The molecule has 2 heterocycles. The van der Waals surface area contributed by atoms with Gasteiger partial charge in [-0.15, -0.1) is 24.5 Å². The number of aromatic nitrogens is 2. The number of para-hydroxylation sites is 2. The third kappa shape index (κ3) is 4.94. The van der Waals surface area contributed by atoms with Gasteiger partial charge in [-0.25, -0.2) is 4.98 Å². The van der Waals surface area contributed by atoms with E-state index in [0.29, 0.717) is 5.69 Å². The van der Waals surface area contributed by atoms with E-state index in [-0.39, 0.29) is 5.69 Å². The zero-order valence-corrected chi connectivity index (χ0v) is 14.4. The van der Waals surface area contributed by atoms with Gasteiger partial charge in [0.25, 0.3) is 5.56 Å². The van der Waals surface area contributed by atoms with Crippen molar-refractivity contribution in [2.45, 2.75) is 12.9 Å². The molecule has 3 rings (SSSR count). The summed E-state index contributed by atoms with van der Waals surface area (Å²) in [5.41, 5.74) is -0.130. The van der Waals surface area contributed by atoms with Gasteiger partial charge in [-0.1, -0.05) is 18.2 Å². The summed E-state index contributed by atoms with van der Waals surface area (Å²) >= 11 is 1.42. The number of carbonyl (C=O) groups excluding carboxylic acids is 1. The van der Waals surface area contributed by atoms with Crippen molar-refractivity contribution in [3.8, 4) is 16.3 Å². The normalized spacial score (nSPS) is 11.2. The van der Waals surface area contributed by atoms with Gasteiger partial charge in [-0.2, -0.15) is 0 Å². The molecule has 10 heteroatoms. The molecule has 0 atom stereocenters. The number of nitrogens with zero attached hydrogens (tertiary/aromatic N) is 2. The predicted octanol–water partition coefficient (Wildman–Crippen LogP) is 3.51. The molecule has 0 bridgehead atoms. The van der Waals surface area contributed by atoms with Crippen molar-refractivity contribution in [1.29, 1.82) is 0 Å². The second-order valence-corrected chi connectivity index (χ2v) is 6.26. The van der Waals surface area contributed by atoms with Crippen molar-refractivity contribution in [3.05, 3.63) is 64.5 Å². The number of nitrogens with one attached hydrogen (secondary N) is 1. The maximum atomic E-state index is 12.4. The highest BCUT2D eigenvalue weighted by Crippen LogP contribution is 2.29. The minimum atomic E-state index is -4.89. The lowest BCUT2D eigenvalue weighted by Gasteiger charge is -2.14. The van der Waals surface area contributed by atoms with Gasteiger partial charge in [0.15, 0.2) is 5.75 Å². The fraction of sp³-hybridized carbons (Fsp3) is 0.118. The number of rotatable bonds is 5. The Morgan fingerprint density at radius 2 is 2.00 bits per heavy atom.